The highest BCUT2D eigenvalue weighted by Crippen LogP contribution is 2.50. The van der Waals surface area contributed by atoms with E-state index < -0.39 is 18.9 Å². The Balaban J connectivity index is 2.05. The molecule has 2 atom stereocenters. The maximum Gasteiger partial charge on any atom is 0.409 e. The fraction of sp³-hybridized carbons (Fsp3) is 0.353. The van der Waals surface area contributed by atoms with Crippen LogP contribution in [0.5, 0.6) is 5.75 Å². The van der Waals surface area contributed by atoms with Gasteiger partial charge in [0.15, 0.2) is 0 Å². The molecule has 0 aromatic heterocycles. The van der Waals surface area contributed by atoms with Gasteiger partial charge in [0.05, 0.1) is 6.61 Å². The lowest BCUT2D eigenvalue weighted by molar-refractivity contribution is -0.145. The second-order valence-electron chi connectivity index (χ2n) is 5.42. The number of nitrogens with one attached hydrogen (secondary N) is 1. The second kappa shape index (κ2) is 8.52. The minimum absolute atomic E-state index is 0.331. The maximum absolute atomic E-state index is 12.5. The van der Waals surface area contributed by atoms with Gasteiger partial charge in [0, 0.05) is 16.6 Å². The first kappa shape index (κ1) is 18.8. The Kier molecular flexibility index (Phi) is 6.67. The molecule has 0 aliphatic carbocycles. The summed E-state index contributed by atoms with van der Waals surface area (Å²) in [6.45, 7) is 0.123. The van der Waals surface area contributed by atoms with Gasteiger partial charge in [-0.25, -0.2) is 9.65 Å². The highest BCUT2D eigenvalue weighted by molar-refractivity contribution is 7.84. The number of carbonyl (C=O) groups excluding carboxylic acids is 1. The van der Waals surface area contributed by atoms with E-state index in [-0.39, 0.29) is 0 Å². The van der Waals surface area contributed by atoms with Crippen molar-refractivity contribution in [2.24, 2.45) is 0 Å². The van der Waals surface area contributed by atoms with Gasteiger partial charge in [-0.05, 0) is 24.8 Å². The SMILES string of the molecule is CCCCOC(=O)[C@H](C)N[P@](=O)(Cl)Oc1cccc2ccccc12. The molecular weight excluding hydrogens is 349 g/mol. The Morgan fingerprint density at radius 2 is 1.96 bits per heavy atom. The summed E-state index contributed by atoms with van der Waals surface area (Å²) in [6.07, 6.45) is 1.71. The first-order chi connectivity index (χ1) is 11.4. The van der Waals surface area contributed by atoms with Crippen molar-refractivity contribution in [3.8, 4) is 5.75 Å². The van der Waals surface area contributed by atoms with Crippen LogP contribution in [0.1, 0.15) is 26.7 Å². The Hall–Kier alpha value is -1.55. The molecule has 0 heterocycles. The number of hydrogen-bond donors (Lipinski definition) is 1. The van der Waals surface area contributed by atoms with Gasteiger partial charge in [0.2, 0.25) is 0 Å². The molecule has 1 N–H and O–H groups in total. The second-order valence-corrected chi connectivity index (χ2v) is 8.16. The van der Waals surface area contributed by atoms with Gasteiger partial charge < -0.3 is 9.26 Å². The van der Waals surface area contributed by atoms with Gasteiger partial charge in [-0.3, -0.25) is 4.79 Å². The standard InChI is InChI=1S/C17H21ClNO4P/c1-3-4-12-22-17(20)13(2)19-24(18,21)23-16-11-7-9-14-8-5-6-10-15(14)16/h5-11,13H,3-4,12H2,1-2H3,(H,19,21)/t13-,24-/m0/s1. The molecule has 0 aliphatic heterocycles. The van der Waals surface area contributed by atoms with Gasteiger partial charge in [-0.1, -0.05) is 49.7 Å². The summed E-state index contributed by atoms with van der Waals surface area (Å²) in [7, 11) is 0. The van der Waals surface area contributed by atoms with Crippen molar-refractivity contribution >= 4 is 34.9 Å². The lowest BCUT2D eigenvalue weighted by Gasteiger charge is -2.19. The van der Waals surface area contributed by atoms with Crippen LogP contribution in [0.2, 0.25) is 0 Å². The molecule has 0 amide bonds. The quantitative estimate of drug-likeness (QED) is 0.408. The molecule has 0 fully saturated rings. The van der Waals surface area contributed by atoms with Gasteiger partial charge in [-0.15, -0.1) is 0 Å². The van der Waals surface area contributed by atoms with E-state index in [4.69, 9.17) is 20.5 Å². The molecular formula is C17H21ClNO4P. The van der Waals surface area contributed by atoms with E-state index in [1.807, 2.05) is 37.3 Å². The van der Waals surface area contributed by atoms with Crippen molar-refractivity contribution in [1.82, 2.24) is 5.09 Å². The van der Waals surface area contributed by atoms with Crippen LogP contribution in [0.4, 0.5) is 0 Å². The third-order valence-electron chi connectivity index (χ3n) is 3.41. The van der Waals surface area contributed by atoms with Gasteiger partial charge in [0.1, 0.15) is 11.8 Å². The van der Waals surface area contributed by atoms with Crippen LogP contribution < -0.4 is 9.61 Å². The van der Waals surface area contributed by atoms with E-state index in [0.717, 1.165) is 23.6 Å². The van der Waals surface area contributed by atoms with Crippen LogP contribution in [0.25, 0.3) is 10.8 Å². The Morgan fingerprint density at radius 3 is 2.71 bits per heavy atom. The lowest BCUT2D eigenvalue weighted by Crippen LogP contribution is -2.33. The number of rotatable bonds is 8. The molecule has 24 heavy (non-hydrogen) atoms. The first-order valence-corrected chi connectivity index (χ1v) is 10.4. The number of fused-ring (bicyclic) bond motifs is 1. The van der Waals surface area contributed by atoms with Crippen LogP contribution in [0.15, 0.2) is 42.5 Å². The Morgan fingerprint density at radius 1 is 1.25 bits per heavy atom. The summed E-state index contributed by atoms with van der Waals surface area (Å²) < 4.78 is 23.0. The maximum atomic E-state index is 12.5. The number of esters is 1. The van der Waals surface area contributed by atoms with Crippen LogP contribution in [-0.2, 0) is 14.1 Å². The normalized spacial score (nSPS) is 14.8. The summed E-state index contributed by atoms with van der Waals surface area (Å²) >= 11 is 5.99. The van der Waals surface area contributed by atoms with Gasteiger partial charge >= 0.3 is 12.8 Å². The first-order valence-electron chi connectivity index (χ1n) is 7.84. The molecule has 0 bridgehead atoms. The highest BCUT2D eigenvalue weighted by Gasteiger charge is 2.28. The molecule has 5 nitrogen and oxygen atoms in total. The summed E-state index contributed by atoms with van der Waals surface area (Å²) in [5, 5.41) is 4.26. The van der Waals surface area contributed by atoms with Gasteiger partial charge in [0.25, 0.3) is 0 Å². The zero-order valence-corrected chi connectivity index (χ0v) is 15.3. The molecule has 2 aromatic rings. The average Bonchev–Trinajstić information content (AvgIpc) is 2.54. The predicted molar refractivity (Wildman–Crippen MR) is 96.5 cm³/mol. The highest BCUT2D eigenvalue weighted by atomic mass is 35.7. The molecule has 2 aromatic carbocycles. The van der Waals surface area contributed by atoms with Crippen molar-refractivity contribution in [2.75, 3.05) is 6.61 Å². The number of unbranched alkanes of at least 4 members (excludes halogenated alkanes) is 1. The average molecular weight is 370 g/mol. The van der Waals surface area contributed by atoms with Crippen molar-refractivity contribution in [3.05, 3.63) is 42.5 Å². The zero-order chi connectivity index (χ0) is 17.6. The number of carbonyl (C=O) groups is 1. The van der Waals surface area contributed by atoms with Crippen LogP contribution in [0.3, 0.4) is 0 Å². The van der Waals surface area contributed by atoms with E-state index in [2.05, 4.69) is 5.09 Å². The molecule has 0 spiro atoms. The lowest BCUT2D eigenvalue weighted by atomic mass is 10.1. The molecule has 2 rings (SSSR count). The third kappa shape index (κ3) is 5.23. The zero-order valence-electron chi connectivity index (χ0n) is 13.7. The minimum Gasteiger partial charge on any atom is -0.465 e. The van der Waals surface area contributed by atoms with Crippen molar-refractivity contribution in [3.63, 3.8) is 0 Å². The number of halogens is 1. The molecule has 130 valence electrons. The summed E-state index contributed by atoms with van der Waals surface area (Å²) in [4.78, 5) is 11.8. The van der Waals surface area contributed by atoms with Crippen LogP contribution >= 0.6 is 18.1 Å². The Labute approximate surface area is 146 Å². The van der Waals surface area contributed by atoms with E-state index in [0.29, 0.717) is 12.4 Å². The minimum atomic E-state index is -3.75. The molecule has 0 aliphatic rings. The topological polar surface area (TPSA) is 64.6 Å². The number of ether oxygens (including phenoxy) is 1. The number of benzene rings is 2. The predicted octanol–water partition coefficient (Wildman–Crippen LogP) is 4.89. The number of hydrogen-bond acceptors (Lipinski definition) is 4. The molecule has 7 heteroatoms. The fourth-order valence-corrected chi connectivity index (χ4v) is 3.85. The van der Waals surface area contributed by atoms with E-state index in [1.165, 1.54) is 6.92 Å². The molecule has 0 unspecified atom stereocenters. The molecule has 0 radical (unpaired) electrons. The van der Waals surface area contributed by atoms with Crippen LogP contribution in [0, 0.1) is 0 Å². The summed E-state index contributed by atoms with van der Waals surface area (Å²) in [5.41, 5.74) is 0. The largest absolute Gasteiger partial charge is 0.465 e. The van der Waals surface area contributed by atoms with Crippen molar-refractivity contribution < 1.29 is 18.6 Å². The molecule has 0 saturated carbocycles. The summed E-state index contributed by atoms with van der Waals surface area (Å²) in [6, 6.07) is 12.1. The monoisotopic (exact) mass is 369 g/mol. The van der Waals surface area contributed by atoms with Crippen LogP contribution in [-0.4, -0.2) is 18.6 Å². The van der Waals surface area contributed by atoms with Crippen molar-refractivity contribution in [1.29, 1.82) is 0 Å². The van der Waals surface area contributed by atoms with E-state index in [1.54, 1.807) is 12.1 Å². The third-order valence-corrected chi connectivity index (χ3v) is 5.04. The van der Waals surface area contributed by atoms with Crippen molar-refractivity contribution in [2.45, 2.75) is 32.7 Å². The van der Waals surface area contributed by atoms with Gasteiger partial charge in [-0.2, -0.15) is 0 Å². The van der Waals surface area contributed by atoms with E-state index >= 15 is 0 Å². The smallest absolute Gasteiger partial charge is 0.409 e. The fourth-order valence-electron chi connectivity index (χ4n) is 2.15. The van der Waals surface area contributed by atoms with E-state index in [9.17, 15) is 9.36 Å². The Bertz CT molecular complexity index is 747. The molecule has 0 saturated heterocycles. The summed E-state index contributed by atoms with van der Waals surface area (Å²) in [5.74, 6) is -0.115.